The summed E-state index contributed by atoms with van der Waals surface area (Å²) in [5, 5.41) is 0. The Morgan fingerprint density at radius 3 is 2.80 bits per heavy atom. The highest BCUT2D eigenvalue weighted by Crippen LogP contribution is 2.39. The molecular weight excluding hydrogens is 252 g/mol. The first-order valence-electron chi connectivity index (χ1n) is 6.72. The summed E-state index contributed by atoms with van der Waals surface area (Å²) in [6.45, 7) is 1.61. The Morgan fingerprint density at radius 1 is 1.15 bits per heavy atom. The molecule has 104 valence electrons. The van der Waals surface area contributed by atoms with Gasteiger partial charge in [-0.2, -0.15) is 0 Å². The Morgan fingerprint density at radius 2 is 2.00 bits per heavy atom. The number of nitrogens with two attached hydrogens (primary N) is 1. The zero-order valence-corrected chi connectivity index (χ0v) is 11.5. The van der Waals surface area contributed by atoms with Crippen LogP contribution in [0.4, 0.5) is 17.1 Å². The van der Waals surface area contributed by atoms with E-state index in [1.165, 1.54) is 0 Å². The topological polar surface area (TPSA) is 47.7 Å². The Balaban J connectivity index is 2.05. The Hall–Kier alpha value is -2.36. The molecule has 0 radical (unpaired) electrons. The van der Waals surface area contributed by atoms with E-state index in [0.717, 1.165) is 42.4 Å². The van der Waals surface area contributed by atoms with Crippen molar-refractivity contribution in [2.45, 2.75) is 6.42 Å². The normalized spacial score (nSPS) is 14.2. The van der Waals surface area contributed by atoms with E-state index in [1.807, 2.05) is 36.4 Å². The standard InChI is InChI=1S/C16H18N2O2/c1-19-12-7-8-14(13(17)11-12)18-9-4-10-20-16-6-3-2-5-15(16)18/h2-3,5-8,11H,4,9-10,17H2,1H3. The molecule has 1 aliphatic rings. The molecule has 0 fully saturated rings. The largest absolute Gasteiger partial charge is 0.497 e. The first-order valence-corrected chi connectivity index (χ1v) is 6.72. The maximum Gasteiger partial charge on any atom is 0.142 e. The summed E-state index contributed by atoms with van der Waals surface area (Å²) in [4.78, 5) is 2.21. The summed E-state index contributed by atoms with van der Waals surface area (Å²) in [5.41, 5.74) is 8.93. The van der Waals surface area contributed by atoms with E-state index in [9.17, 15) is 0 Å². The van der Waals surface area contributed by atoms with Crippen LogP contribution < -0.4 is 20.1 Å². The molecule has 0 aliphatic carbocycles. The lowest BCUT2D eigenvalue weighted by Gasteiger charge is -2.25. The lowest BCUT2D eigenvalue weighted by atomic mass is 10.2. The Labute approximate surface area is 118 Å². The van der Waals surface area contributed by atoms with Crippen molar-refractivity contribution in [2.24, 2.45) is 0 Å². The molecule has 20 heavy (non-hydrogen) atoms. The molecule has 4 heteroatoms. The van der Waals surface area contributed by atoms with Crippen LogP contribution >= 0.6 is 0 Å². The van der Waals surface area contributed by atoms with Crippen molar-refractivity contribution in [1.82, 2.24) is 0 Å². The number of rotatable bonds is 2. The van der Waals surface area contributed by atoms with Crippen molar-refractivity contribution < 1.29 is 9.47 Å². The van der Waals surface area contributed by atoms with Gasteiger partial charge in [-0.3, -0.25) is 0 Å². The average Bonchev–Trinajstić information content (AvgIpc) is 2.69. The molecule has 2 N–H and O–H groups in total. The molecule has 0 spiro atoms. The quantitative estimate of drug-likeness (QED) is 0.851. The first-order chi connectivity index (χ1) is 9.79. The lowest BCUT2D eigenvalue weighted by Crippen LogP contribution is -2.18. The van der Waals surface area contributed by atoms with Gasteiger partial charge in [0.25, 0.3) is 0 Å². The molecule has 0 amide bonds. The van der Waals surface area contributed by atoms with E-state index >= 15 is 0 Å². The number of hydrogen-bond donors (Lipinski definition) is 1. The highest BCUT2D eigenvalue weighted by Gasteiger charge is 2.19. The predicted octanol–water partition coefficient (Wildman–Crippen LogP) is 3.20. The number of fused-ring (bicyclic) bond motifs is 1. The fourth-order valence-electron chi connectivity index (χ4n) is 2.48. The summed E-state index contributed by atoms with van der Waals surface area (Å²) in [5.74, 6) is 1.67. The fourth-order valence-corrected chi connectivity index (χ4v) is 2.48. The predicted molar refractivity (Wildman–Crippen MR) is 81.0 cm³/mol. The number of ether oxygens (including phenoxy) is 2. The number of benzene rings is 2. The van der Waals surface area contributed by atoms with Crippen LogP contribution in [0.2, 0.25) is 0 Å². The molecule has 0 saturated heterocycles. The summed E-state index contributed by atoms with van der Waals surface area (Å²) in [7, 11) is 1.64. The fraction of sp³-hybridized carbons (Fsp3) is 0.250. The summed E-state index contributed by atoms with van der Waals surface area (Å²) < 4.78 is 11.0. The minimum Gasteiger partial charge on any atom is -0.497 e. The van der Waals surface area contributed by atoms with Gasteiger partial charge in [0.05, 0.1) is 30.8 Å². The highest BCUT2D eigenvalue weighted by molar-refractivity contribution is 5.78. The van der Waals surface area contributed by atoms with Gasteiger partial charge in [-0.25, -0.2) is 0 Å². The molecule has 0 aromatic heterocycles. The molecule has 1 aliphatic heterocycles. The van der Waals surface area contributed by atoms with E-state index in [2.05, 4.69) is 11.0 Å². The molecular formula is C16H18N2O2. The van der Waals surface area contributed by atoms with Crippen LogP contribution in [0, 0.1) is 0 Å². The summed E-state index contributed by atoms with van der Waals surface area (Å²) in [6, 6.07) is 13.8. The average molecular weight is 270 g/mol. The van der Waals surface area contributed by atoms with Gasteiger partial charge in [-0.05, 0) is 30.7 Å². The van der Waals surface area contributed by atoms with Crippen LogP contribution in [-0.4, -0.2) is 20.3 Å². The second-order valence-corrected chi connectivity index (χ2v) is 4.75. The molecule has 2 aromatic carbocycles. The zero-order chi connectivity index (χ0) is 13.9. The molecule has 2 aromatic rings. The van der Waals surface area contributed by atoms with E-state index in [1.54, 1.807) is 7.11 Å². The zero-order valence-electron chi connectivity index (χ0n) is 11.5. The van der Waals surface area contributed by atoms with E-state index in [4.69, 9.17) is 15.2 Å². The van der Waals surface area contributed by atoms with E-state index in [-0.39, 0.29) is 0 Å². The minimum absolute atomic E-state index is 0.709. The van der Waals surface area contributed by atoms with Crippen LogP contribution in [0.1, 0.15) is 6.42 Å². The second-order valence-electron chi connectivity index (χ2n) is 4.75. The van der Waals surface area contributed by atoms with Crippen LogP contribution in [0.3, 0.4) is 0 Å². The number of methoxy groups -OCH3 is 1. The second kappa shape index (κ2) is 5.33. The third-order valence-corrected chi connectivity index (χ3v) is 3.47. The van der Waals surface area contributed by atoms with Crippen LogP contribution in [0.5, 0.6) is 11.5 Å². The first kappa shape index (κ1) is 12.7. The molecule has 0 unspecified atom stereocenters. The van der Waals surface area contributed by atoms with E-state index < -0.39 is 0 Å². The molecule has 3 rings (SSSR count). The van der Waals surface area contributed by atoms with Gasteiger partial charge in [-0.15, -0.1) is 0 Å². The SMILES string of the molecule is COc1ccc(N2CCCOc3ccccc32)c(N)c1. The monoisotopic (exact) mass is 270 g/mol. The maximum atomic E-state index is 6.17. The third kappa shape index (κ3) is 2.25. The van der Waals surface area contributed by atoms with Crippen molar-refractivity contribution in [1.29, 1.82) is 0 Å². The van der Waals surface area contributed by atoms with Gasteiger partial charge in [0, 0.05) is 12.6 Å². The number of nitrogens with zero attached hydrogens (tertiary/aromatic N) is 1. The molecule has 0 atom stereocenters. The van der Waals surface area contributed by atoms with Crippen molar-refractivity contribution in [3.63, 3.8) is 0 Å². The number of hydrogen-bond acceptors (Lipinski definition) is 4. The van der Waals surface area contributed by atoms with Crippen molar-refractivity contribution >= 4 is 17.1 Å². The van der Waals surface area contributed by atoms with Crippen LogP contribution in [-0.2, 0) is 0 Å². The minimum atomic E-state index is 0.709. The van der Waals surface area contributed by atoms with Gasteiger partial charge < -0.3 is 20.1 Å². The lowest BCUT2D eigenvalue weighted by molar-refractivity contribution is 0.322. The van der Waals surface area contributed by atoms with Crippen LogP contribution in [0.15, 0.2) is 42.5 Å². The molecule has 1 heterocycles. The number of anilines is 3. The molecule has 0 bridgehead atoms. The van der Waals surface area contributed by atoms with Crippen molar-refractivity contribution in [3.8, 4) is 11.5 Å². The Bertz CT molecular complexity index is 613. The van der Waals surface area contributed by atoms with E-state index in [0.29, 0.717) is 5.69 Å². The van der Waals surface area contributed by atoms with Gasteiger partial charge in [0.15, 0.2) is 0 Å². The molecule has 4 nitrogen and oxygen atoms in total. The smallest absolute Gasteiger partial charge is 0.142 e. The van der Waals surface area contributed by atoms with Crippen LogP contribution in [0.25, 0.3) is 0 Å². The highest BCUT2D eigenvalue weighted by atomic mass is 16.5. The van der Waals surface area contributed by atoms with Gasteiger partial charge in [0.2, 0.25) is 0 Å². The maximum absolute atomic E-state index is 6.17. The number of nitrogen functional groups attached to an aromatic ring is 1. The number of para-hydroxylation sites is 2. The summed E-state index contributed by atoms with van der Waals surface area (Å²) in [6.07, 6.45) is 0.958. The Kier molecular flexibility index (Phi) is 3.37. The van der Waals surface area contributed by atoms with Gasteiger partial charge in [-0.1, -0.05) is 12.1 Å². The third-order valence-electron chi connectivity index (χ3n) is 3.47. The van der Waals surface area contributed by atoms with Gasteiger partial charge >= 0.3 is 0 Å². The molecule has 0 saturated carbocycles. The van der Waals surface area contributed by atoms with Gasteiger partial charge in [0.1, 0.15) is 11.5 Å². The van der Waals surface area contributed by atoms with Crippen molar-refractivity contribution in [3.05, 3.63) is 42.5 Å². The summed E-state index contributed by atoms with van der Waals surface area (Å²) >= 11 is 0. The van der Waals surface area contributed by atoms with Crippen molar-refractivity contribution in [2.75, 3.05) is 30.9 Å².